The van der Waals surface area contributed by atoms with Crippen molar-refractivity contribution in [3.05, 3.63) is 69.3 Å². The summed E-state index contributed by atoms with van der Waals surface area (Å²) in [6.45, 7) is 0. The molecule has 0 atom stereocenters. The highest BCUT2D eigenvalue weighted by Gasteiger charge is 2.09. The highest BCUT2D eigenvalue weighted by molar-refractivity contribution is 9.10. The predicted molar refractivity (Wildman–Crippen MR) is 87.3 cm³/mol. The molecule has 2 aromatic carbocycles. The summed E-state index contributed by atoms with van der Waals surface area (Å²) in [5.74, 6) is 0. The smallest absolute Gasteiger partial charge is 0.258 e. The second-order valence-electron chi connectivity index (χ2n) is 4.34. The van der Waals surface area contributed by atoms with Crippen LogP contribution in [0.15, 0.2) is 59.2 Å². The molecule has 0 aliphatic rings. The first-order valence-electron chi connectivity index (χ1n) is 6.10. The molecule has 3 aromatic rings. The number of thiazole rings is 1. The monoisotopic (exact) mass is 360 g/mol. The van der Waals surface area contributed by atoms with Crippen molar-refractivity contribution in [1.29, 1.82) is 0 Å². The molecular formula is C15H9BrN2O2S. The van der Waals surface area contributed by atoms with E-state index in [2.05, 4.69) is 20.9 Å². The molecule has 0 aliphatic carbocycles. The predicted octanol–water partition coefficient (Wildman–Crippen LogP) is 5.15. The maximum atomic E-state index is 10.7. The van der Waals surface area contributed by atoms with Gasteiger partial charge in [0.2, 0.25) is 0 Å². The molecule has 0 unspecified atom stereocenters. The first kappa shape index (κ1) is 13.9. The van der Waals surface area contributed by atoms with E-state index in [1.807, 2.05) is 24.3 Å². The Kier molecular flexibility index (Phi) is 3.81. The fourth-order valence-corrected chi connectivity index (χ4v) is 3.07. The third-order valence-electron chi connectivity index (χ3n) is 2.96. The van der Waals surface area contributed by atoms with Gasteiger partial charge in [-0.3, -0.25) is 10.1 Å². The van der Waals surface area contributed by atoms with Gasteiger partial charge in [0.1, 0.15) is 5.01 Å². The van der Waals surface area contributed by atoms with Gasteiger partial charge < -0.3 is 0 Å². The molecule has 0 bridgehead atoms. The highest BCUT2D eigenvalue weighted by atomic mass is 79.9. The average Bonchev–Trinajstić information content (AvgIpc) is 2.98. The number of hydrogen-bond donors (Lipinski definition) is 0. The molecule has 0 radical (unpaired) electrons. The van der Waals surface area contributed by atoms with Gasteiger partial charge in [0, 0.05) is 28.4 Å². The van der Waals surface area contributed by atoms with Gasteiger partial charge in [-0.05, 0) is 29.8 Å². The summed E-state index contributed by atoms with van der Waals surface area (Å²) < 4.78 is 1.03. The van der Waals surface area contributed by atoms with E-state index in [4.69, 9.17) is 0 Å². The molecule has 1 aromatic heterocycles. The van der Waals surface area contributed by atoms with Crippen LogP contribution in [0, 0.1) is 10.1 Å². The number of nitro benzene ring substituents is 1. The molecule has 1 heterocycles. The van der Waals surface area contributed by atoms with Crippen LogP contribution in [-0.2, 0) is 0 Å². The zero-order valence-corrected chi connectivity index (χ0v) is 13.1. The first-order valence-corrected chi connectivity index (χ1v) is 7.71. The third kappa shape index (κ3) is 3.01. The Morgan fingerprint density at radius 1 is 1.00 bits per heavy atom. The molecule has 4 nitrogen and oxygen atoms in total. The molecule has 104 valence electrons. The van der Waals surface area contributed by atoms with E-state index in [0.29, 0.717) is 0 Å². The fraction of sp³-hybridized carbons (Fsp3) is 0. The average molecular weight is 361 g/mol. The molecule has 0 saturated carbocycles. The van der Waals surface area contributed by atoms with Crippen molar-refractivity contribution < 1.29 is 4.92 Å². The lowest BCUT2D eigenvalue weighted by Crippen LogP contribution is -1.86. The van der Waals surface area contributed by atoms with Crippen molar-refractivity contribution in [3.8, 4) is 21.0 Å². The number of aromatic nitrogens is 1. The zero-order valence-electron chi connectivity index (χ0n) is 10.7. The van der Waals surface area contributed by atoms with Crippen LogP contribution in [0.3, 0.4) is 0 Å². The number of benzene rings is 2. The van der Waals surface area contributed by atoms with Gasteiger partial charge in [0.15, 0.2) is 0 Å². The van der Waals surface area contributed by atoms with E-state index in [0.717, 1.165) is 25.5 Å². The second-order valence-corrected chi connectivity index (χ2v) is 6.29. The maximum absolute atomic E-state index is 10.7. The van der Waals surface area contributed by atoms with Crippen LogP contribution in [0.5, 0.6) is 0 Å². The van der Waals surface area contributed by atoms with E-state index >= 15 is 0 Å². The molecule has 21 heavy (non-hydrogen) atoms. The van der Waals surface area contributed by atoms with Crippen molar-refractivity contribution in [1.82, 2.24) is 4.98 Å². The van der Waals surface area contributed by atoms with Crippen LogP contribution in [0.2, 0.25) is 0 Å². The number of hydrogen-bond acceptors (Lipinski definition) is 4. The normalized spacial score (nSPS) is 10.5. The van der Waals surface area contributed by atoms with Crippen LogP contribution in [0.4, 0.5) is 5.69 Å². The van der Waals surface area contributed by atoms with Crippen LogP contribution >= 0.6 is 27.3 Å². The Morgan fingerprint density at radius 2 is 1.62 bits per heavy atom. The summed E-state index contributed by atoms with van der Waals surface area (Å²) in [6.07, 6.45) is 1.79. The zero-order chi connectivity index (χ0) is 14.8. The minimum absolute atomic E-state index is 0.0939. The van der Waals surface area contributed by atoms with Crippen molar-refractivity contribution >= 4 is 33.0 Å². The standard InChI is InChI=1S/C15H9BrN2O2S/c16-12-5-1-11(2-6-12)15-17-9-14(21-15)10-3-7-13(8-4-10)18(19)20/h1-9H. The molecule has 0 aliphatic heterocycles. The lowest BCUT2D eigenvalue weighted by Gasteiger charge is -1.97. The Hall–Kier alpha value is -2.05. The van der Waals surface area contributed by atoms with Gasteiger partial charge in [-0.2, -0.15) is 0 Å². The number of rotatable bonds is 3. The molecule has 3 rings (SSSR count). The third-order valence-corrected chi connectivity index (χ3v) is 4.58. The summed E-state index contributed by atoms with van der Waals surface area (Å²) >= 11 is 4.97. The van der Waals surface area contributed by atoms with Gasteiger partial charge >= 0.3 is 0 Å². The minimum atomic E-state index is -0.399. The van der Waals surface area contributed by atoms with Crippen LogP contribution < -0.4 is 0 Å². The lowest BCUT2D eigenvalue weighted by molar-refractivity contribution is -0.384. The van der Waals surface area contributed by atoms with Gasteiger partial charge in [0.05, 0.1) is 9.80 Å². The largest absolute Gasteiger partial charge is 0.269 e. The number of nitro groups is 1. The van der Waals surface area contributed by atoms with E-state index < -0.39 is 4.92 Å². The Morgan fingerprint density at radius 3 is 2.24 bits per heavy atom. The quantitative estimate of drug-likeness (QED) is 0.479. The summed E-state index contributed by atoms with van der Waals surface area (Å²) in [5.41, 5.74) is 2.08. The first-order chi connectivity index (χ1) is 10.1. The molecule has 0 spiro atoms. The van der Waals surface area contributed by atoms with Crippen LogP contribution in [0.25, 0.3) is 21.0 Å². The summed E-state index contributed by atoms with van der Waals surface area (Å²) in [4.78, 5) is 15.7. The van der Waals surface area contributed by atoms with Crippen LogP contribution in [0.1, 0.15) is 0 Å². The Labute approximate surface area is 133 Å². The maximum Gasteiger partial charge on any atom is 0.269 e. The van der Waals surface area contributed by atoms with Crippen molar-refractivity contribution in [2.45, 2.75) is 0 Å². The Bertz CT molecular complexity index is 782. The molecule has 6 heteroatoms. The van der Waals surface area contributed by atoms with Crippen molar-refractivity contribution in [3.63, 3.8) is 0 Å². The van der Waals surface area contributed by atoms with E-state index in [1.165, 1.54) is 12.1 Å². The molecule has 0 fully saturated rings. The van der Waals surface area contributed by atoms with E-state index in [9.17, 15) is 10.1 Å². The molecule has 0 N–H and O–H groups in total. The summed E-state index contributed by atoms with van der Waals surface area (Å²) in [5, 5.41) is 11.6. The number of nitrogens with zero attached hydrogens (tertiary/aromatic N) is 2. The van der Waals surface area contributed by atoms with Gasteiger partial charge in [-0.15, -0.1) is 11.3 Å². The highest BCUT2D eigenvalue weighted by Crippen LogP contribution is 2.33. The number of halogens is 1. The summed E-state index contributed by atoms with van der Waals surface area (Å²) in [7, 11) is 0. The topological polar surface area (TPSA) is 56.0 Å². The second kappa shape index (κ2) is 5.75. The van der Waals surface area contributed by atoms with Gasteiger partial charge in [0.25, 0.3) is 5.69 Å². The lowest BCUT2D eigenvalue weighted by atomic mass is 10.2. The summed E-state index contributed by atoms with van der Waals surface area (Å²) in [6, 6.07) is 14.5. The van der Waals surface area contributed by atoms with Crippen molar-refractivity contribution in [2.75, 3.05) is 0 Å². The molecular weight excluding hydrogens is 352 g/mol. The van der Waals surface area contributed by atoms with E-state index in [1.54, 1.807) is 29.7 Å². The minimum Gasteiger partial charge on any atom is -0.258 e. The van der Waals surface area contributed by atoms with Gasteiger partial charge in [-0.1, -0.05) is 28.1 Å². The molecule has 0 amide bonds. The molecule has 0 saturated heterocycles. The fourth-order valence-electron chi connectivity index (χ4n) is 1.88. The van der Waals surface area contributed by atoms with E-state index in [-0.39, 0.29) is 5.69 Å². The SMILES string of the molecule is O=[N+]([O-])c1ccc(-c2cnc(-c3ccc(Br)cc3)s2)cc1. The number of non-ortho nitro benzene ring substituents is 1. The Balaban J connectivity index is 1.90. The van der Waals surface area contributed by atoms with Crippen LogP contribution in [-0.4, -0.2) is 9.91 Å². The van der Waals surface area contributed by atoms with Gasteiger partial charge in [-0.25, -0.2) is 4.98 Å². The van der Waals surface area contributed by atoms with Crippen molar-refractivity contribution in [2.24, 2.45) is 0 Å².